The van der Waals surface area contributed by atoms with Crippen molar-refractivity contribution in [3.8, 4) is 0 Å². The van der Waals surface area contributed by atoms with Gasteiger partial charge in [-0.15, -0.1) is 5.10 Å². The molecule has 0 aromatic rings. The first kappa shape index (κ1) is 4.30. The maximum absolute atomic E-state index is 11.9. The van der Waals surface area contributed by atoms with E-state index in [2.05, 4.69) is 5.10 Å². The van der Waals surface area contributed by atoms with Gasteiger partial charge < -0.3 is 0 Å². The molecule has 0 amide bonds. The molecule has 0 spiro atoms. The summed E-state index contributed by atoms with van der Waals surface area (Å²) in [4.78, 5) is 0. The second-order valence-electron chi connectivity index (χ2n) is 2.30. The van der Waals surface area contributed by atoms with Crippen LogP contribution in [-0.2, 0) is 0 Å². The molecular formula is C5H7FN2. The summed E-state index contributed by atoms with van der Waals surface area (Å²) < 4.78 is 11.9. The Labute approximate surface area is 47.0 Å². The van der Waals surface area contributed by atoms with Crippen LogP contribution in [0, 0.1) is 0 Å². The second kappa shape index (κ2) is 1.21. The zero-order valence-electron chi connectivity index (χ0n) is 4.47. The molecule has 3 heteroatoms. The SMILES string of the molecule is FC1=NN1C1CCC1. The quantitative estimate of drug-likeness (QED) is 0.466. The van der Waals surface area contributed by atoms with Crippen molar-refractivity contribution in [1.82, 2.24) is 5.01 Å². The average Bonchev–Trinajstić information content (AvgIpc) is 2.13. The monoisotopic (exact) mass is 114 g/mol. The highest BCUT2D eigenvalue weighted by molar-refractivity contribution is 5.82. The number of hydrogen-bond donors (Lipinski definition) is 0. The van der Waals surface area contributed by atoms with E-state index >= 15 is 0 Å². The van der Waals surface area contributed by atoms with E-state index in [1.165, 1.54) is 11.4 Å². The van der Waals surface area contributed by atoms with Gasteiger partial charge in [-0.3, -0.25) is 0 Å². The molecular weight excluding hydrogens is 107 g/mol. The van der Waals surface area contributed by atoms with Gasteiger partial charge in [-0.05, 0) is 19.3 Å². The van der Waals surface area contributed by atoms with Crippen LogP contribution >= 0.6 is 0 Å². The molecule has 0 N–H and O–H groups in total. The van der Waals surface area contributed by atoms with Crippen LogP contribution in [0.1, 0.15) is 19.3 Å². The Morgan fingerprint density at radius 1 is 1.62 bits per heavy atom. The lowest BCUT2D eigenvalue weighted by atomic mass is 9.93. The summed E-state index contributed by atoms with van der Waals surface area (Å²) in [6, 6.07) is 0.426. The minimum Gasteiger partial charge on any atom is -0.215 e. The van der Waals surface area contributed by atoms with Crippen LogP contribution in [0.25, 0.3) is 0 Å². The summed E-state index contributed by atoms with van der Waals surface area (Å²) in [6.45, 7) is 0. The third kappa shape index (κ3) is 0.441. The zero-order valence-corrected chi connectivity index (χ0v) is 4.47. The van der Waals surface area contributed by atoms with Crippen molar-refractivity contribution in [2.24, 2.45) is 5.10 Å². The van der Waals surface area contributed by atoms with Gasteiger partial charge >= 0.3 is 6.09 Å². The van der Waals surface area contributed by atoms with Gasteiger partial charge in [0.1, 0.15) is 0 Å². The summed E-state index contributed by atoms with van der Waals surface area (Å²) in [5.74, 6) is 0. The van der Waals surface area contributed by atoms with Crippen molar-refractivity contribution in [3.05, 3.63) is 0 Å². The van der Waals surface area contributed by atoms with Crippen LogP contribution in [0.15, 0.2) is 5.10 Å². The summed E-state index contributed by atoms with van der Waals surface area (Å²) in [6.07, 6.45) is 3.22. The molecule has 0 aromatic carbocycles. The molecule has 1 aliphatic heterocycles. The molecule has 0 atom stereocenters. The van der Waals surface area contributed by atoms with E-state index in [1.807, 2.05) is 0 Å². The first-order valence-corrected chi connectivity index (χ1v) is 2.91. The fraction of sp³-hybridized carbons (Fsp3) is 0.800. The van der Waals surface area contributed by atoms with Crippen LogP contribution in [-0.4, -0.2) is 17.1 Å². The highest BCUT2D eigenvalue weighted by atomic mass is 19.1. The van der Waals surface area contributed by atoms with E-state index in [4.69, 9.17) is 0 Å². The van der Waals surface area contributed by atoms with Crippen LogP contribution in [0.5, 0.6) is 0 Å². The highest BCUT2D eigenvalue weighted by Gasteiger charge is 2.35. The summed E-state index contributed by atoms with van der Waals surface area (Å²) in [7, 11) is 0. The Morgan fingerprint density at radius 2 is 2.25 bits per heavy atom. The molecule has 0 bridgehead atoms. The van der Waals surface area contributed by atoms with Crippen molar-refractivity contribution in [1.29, 1.82) is 0 Å². The van der Waals surface area contributed by atoms with E-state index in [0.717, 1.165) is 12.8 Å². The molecule has 1 fully saturated rings. The normalized spacial score (nSPS) is 27.1. The molecule has 8 heavy (non-hydrogen) atoms. The topological polar surface area (TPSA) is 15.4 Å². The average molecular weight is 114 g/mol. The van der Waals surface area contributed by atoms with Gasteiger partial charge in [-0.1, -0.05) is 0 Å². The predicted molar refractivity (Wildman–Crippen MR) is 28.0 cm³/mol. The van der Waals surface area contributed by atoms with E-state index in [9.17, 15) is 4.39 Å². The number of nitrogens with zero attached hydrogens (tertiary/aromatic N) is 2. The first-order valence-electron chi connectivity index (χ1n) is 2.91. The third-order valence-corrected chi connectivity index (χ3v) is 1.76. The lowest BCUT2D eigenvalue weighted by Gasteiger charge is -2.24. The first-order chi connectivity index (χ1) is 3.88. The number of amidine groups is 1. The van der Waals surface area contributed by atoms with Gasteiger partial charge in [0.15, 0.2) is 0 Å². The molecule has 1 saturated carbocycles. The van der Waals surface area contributed by atoms with Crippen molar-refractivity contribution in [3.63, 3.8) is 0 Å². The molecule has 2 nitrogen and oxygen atoms in total. The number of hydrazone groups is 1. The smallest absolute Gasteiger partial charge is 0.215 e. The summed E-state index contributed by atoms with van der Waals surface area (Å²) in [5, 5.41) is 4.94. The van der Waals surface area contributed by atoms with Crippen LogP contribution < -0.4 is 0 Å². The van der Waals surface area contributed by atoms with E-state index in [-0.39, 0.29) is 6.09 Å². The predicted octanol–water partition coefficient (Wildman–Crippen LogP) is 1.09. The van der Waals surface area contributed by atoms with Gasteiger partial charge in [0.2, 0.25) is 0 Å². The third-order valence-electron chi connectivity index (χ3n) is 1.76. The van der Waals surface area contributed by atoms with Gasteiger partial charge in [0.25, 0.3) is 0 Å². The van der Waals surface area contributed by atoms with Gasteiger partial charge in [0, 0.05) is 0 Å². The van der Waals surface area contributed by atoms with Crippen molar-refractivity contribution in [2.75, 3.05) is 0 Å². The van der Waals surface area contributed by atoms with Crippen LogP contribution in [0.2, 0.25) is 0 Å². The molecule has 1 aliphatic carbocycles. The maximum Gasteiger partial charge on any atom is 0.323 e. The largest absolute Gasteiger partial charge is 0.323 e. The molecule has 0 aromatic heterocycles. The molecule has 1 heterocycles. The highest BCUT2D eigenvalue weighted by Crippen LogP contribution is 2.30. The fourth-order valence-electron chi connectivity index (χ4n) is 0.930. The number of halogens is 1. The maximum atomic E-state index is 11.9. The van der Waals surface area contributed by atoms with E-state index < -0.39 is 0 Å². The minimum atomic E-state index is -0.269. The van der Waals surface area contributed by atoms with E-state index in [0.29, 0.717) is 6.04 Å². The standard InChI is InChI=1S/C5H7FN2/c6-5-7-8(5)4-2-1-3-4/h4H,1-3H2. The Kier molecular flexibility index (Phi) is 0.652. The lowest BCUT2D eigenvalue weighted by Crippen LogP contribution is -2.28. The van der Waals surface area contributed by atoms with Gasteiger partial charge in [0.05, 0.1) is 6.04 Å². The van der Waals surface area contributed by atoms with E-state index in [1.54, 1.807) is 0 Å². The van der Waals surface area contributed by atoms with Crippen molar-refractivity contribution in [2.45, 2.75) is 25.3 Å². The number of hydrogen-bond acceptors (Lipinski definition) is 2. The molecule has 2 rings (SSSR count). The summed E-state index contributed by atoms with van der Waals surface area (Å²) in [5.41, 5.74) is 0. The Hall–Kier alpha value is -0.600. The Bertz CT molecular complexity index is 139. The Balaban J connectivity index is 1.85. The number of rotatable bonds is 1. The second-order valence-corrected chi connectivity index (χ2v) is 2.30. The molecule has 0 saturated heterocycles. The fourth-order valence-corrected chi connectivity index (χ4v) is 0.930. The summed E-state index contributed by atoms with van der Waals surface area (Å²) >= 11 is 0. The van der Waals surface area contributed by atoms with Crippen LogP contribution in [0.3, 0.4) is 0 Å². The van der Waals surface area contributed by atoms with Crippen molar-refractivity contribution >= 4 is 6.09 Å². The molecule has 0 radical (unpaired) electrons. The van der Waals surface area contributed by atoms with Gasteiger partial charge in [-0.25, -0.2) is 5.01 Å². The zero-order chi connectivity index (χ0) is 5.56. The molecule has 44 valence electrons. The van der Waals surface area contributed by atoms with Crippen molar-refractivity contribution < 1.29 is 4.39 Å². The van der Waals surface area contributed by atoms with Gasteiger partial charge in [-0.2, -0.15) is 4.39 Å². The molecule has 2 aliphatic rings. The Morgan fingerprint density at radius 3 is 2.38 bits per heavy atom. The lowest BCUT2D eigenvalue weighted by molar-refractivity contribution is 0.254. The minimum absolute atomic E-state index is 0.269. The molecule has 0 unspecified atom stereocenters. The van der Waals surface area contributed by atoms with Crippen LogP contribution in [0.4, 0.5) is 4.39 Å².